The second kappa shape index (κ2) is 7.32. The summed E-state index contributed by atoms with van der Waals surface area (Å²) in [6.07, 6.45) is 7.75. The minimum absolute atomic E-state index is 0.0695. The molecule has 2 saturated heterocycles. The van der Waals surface area contributed by atoms with Gasteiger partial charge in [-0.1, -0.05) is 0 Å². The van der Waals surface area contributed by atoms with Crippen LogP contribution in [0.1, 0.15) is 37.7 Å². The molecule has 32 heavy (non-hydrogen) atoms. The van der Waals surface area contributed by atoms with E-state index in [4.69, 9.17) is 4.98 Å². The van der Waals surface area contributed by atoms with Gasteiger partial charge in [0.2, 0.25) is 11.8 Å². The molecule has 10 heteroatoms. The van der Waals surface area contributed by atoms with E-state index in [0.717, 1.165) is 50.4 Å². The predicted octanol–water partition coefficient (Wildman–Crippen LogP) is 0.792. The highest BCUT2D eigenvalue weighted by atomic mass is 16.2. The van der Waals surface area contributed by atoms with Gasteiger partial charge < -0.3 is 15.1 Å². The zero-order valence-corrected chi connectivity index (χ0v) is 17.7. The first-order chi connectivity index (χ1) is 15.5. The van der Waals surface area contributed by atoms with Crippen LogP contribution in [0.2, 0.25) is 0 Å². The first-order valence-corrected chi connectivity index (χ1v) is 11.3. The fraction of sp³-hybridized carbons (Fsp3) is 0.500. The summed E-state index contributed by atoms with van der Waals surface area (Å²) < 4.78 is 1.76. The predicted molar refractivity (Wildman–Crippen MR) is 117 cm³/mol. The molecule has 2 aliphatic heterocycles. The van der Waals surface area contributed by atoms with Crippen LogP contribution in [0.5, 0.6) is 0 Å². The summed E-state index contributed by atoms with van der Waals surface area (Å²) in [6, 6.07) is 2.45. The Bertz CT molecular complexity index is 1150. The van der Waals surface area contributed by atoms with E-state index in [-0.39, 0.29) is 24.2 Å². The number of anilines is 2. The summed E-state index contributed by atoms with van der Waals surface area (Å²) in [5.41, 5.74) is 1.76. The maximum absolute atomic E-state index is 12.4. The largest absolute Gasteiger partial charge is 0.367 e. The number of nitrogens with zero attached hydrogens (tertiary/aromatic N) is 5. The molecule has 0 radical (unpaired) electrons. The van der Waals surface area contributed by atoms with Crippen molar-refractivity contribution in [1.29, 1.82) is 0 Å². The molecule has 0 aromatic carbocycles. The first-order valence-electron chi connectivity index (χ1n) is 11.3. The summed E-state index contributed by atoms with van der Waals surface area (Å²) in [5.74, 6) is 1.57. The topological polar surface area (TPSA) is 112 Å². The number of aromatic nitrogens is 3. The fourth-order valence-corrected chi connectivity index (χ4v) is 4.32. The summed E-state index contributed by atoms with van der Waals surface area (Å²) in [5, 5.41) is 10.3. The molecule has 2 saturated carbocycles. The van der Waals surface area contributed by atoms with E-state index < -0.39 is 0 Å². The van der Waals surface area contributed by atoms with Gasteiger partial charge in [0.1, 0.15) is 11.6 Å². The van der Waals surface area contributed by atoms with Crippen molar-refractivity contribution in [2.24, 2.45) is 5.92 Å². The smallest absolute Gasteiger partial charge is 0.254 e. The van der Waals surface area contributed by atoms with E-state index in [1.54, 1.807) is 16.8 Å². The van der Waals surface area contributed by atoms with Crippen molar-refractivity contribution >= 4 is 41.1 Å². The Labute approximate surface area is 184 Å². The van der Waals surface area contributed by atoms with E-state index in [9.17, 15) is 14.4 Å². The third-order valence-electron chi connectivity index (χ3n) is 6.48. The minimum Gasteiger partial charge on any atom is -0.367 e. The summed E-state index contributed by atoms with van der Waals surface area (Å²) >= 11 is 0. The molecule has 0 spiro atoms. The molecule has 2 aliphatic carbocycles. The van der Waals surface area contributed by atoms with Gasteiger partial charge >= 0.3 is 0 Å². The number of rotatable bonds is 5. The van der Waals surface area contributed by atoms with Crippen molar-refractivity contribution in [2.45, 2.75) is 38.1 Å². The molecule has 2 aromatic rings. The van der Waals surface area contributed by atoms with E-state index in [2.05, 4.69) is 20.6 Å². The number of amides is 3. The van der Waals surface area contributed by atoms with Gasteiger partial charge in [0.25, 0.3) is 5.91 Å². The zero-order chi connectivity index (χ0) is 21.8. The summed E-state index contributed by atoms with van der Waals surface area (Å²) in [4.78, 5) is 45.0. The van der Waals surface area contributed by atoms with Crippen LogP contribution in [-0.2, 0) is 14.4 Å². The summed E-state index contributed by atoms with van der Waals surface area (Å²) in [7, 11) is 0. The number of imide groups is 1. The maximum atomic E-state index is 12.4. The molecule has 6 rings (SSSR count). The van der Waals surface area contributed by atoms with Crippen molar-refractivity contribution < 1.29 is 14.4 Å². The molecule has 4 aliphatic rings. The Morgan fingerprint density at radius 2 is 1.91 bits per heavy atom. The van der Waals surface area contributed by atoms with Gasteiger partial charge in [0.15, 0.2) is 5.65 Å². The number of carbonyl (C=O) groups is 3. The highest BCUT2D eigenvalue weighted by Crippen LogP contribution is 2.32. The van der Waals surface area contributed by atoms with E-state index in [1.165, 1.54) is 0 Å². The van der Waals surface area contributed by atoms with E-state index in [0.29, 0.717) is 41.8 Å². The minimum atomic E-state index is -0.363. The Hall–Kier alpha value is -3.43. The fourth-order valence-electron chi connectivity index (χ4n) is 4.32. The Balaban J connectivity index is 1.31. The lowest BCUT2D eigenvalue weighted by Gasteiger charge is -2.35. The molecular weight excluding hydrogens is 410 g/mol. The number of nitrogens with one attached hydrogen (secondary N) is 2. The van der Waals surface area contributed by atoms with Crippen LogP contribution < -0.4 is 15.5 Å². The van der Waals surface area contributed by atoms with Crippen molar-refractivity contribution in [2.75, 3.05) is 36.4 Å². The average molecular weight is 435 g/mol. The number of hydrogen-bond acceptors (Lipinski definition) is 7. The second-order valence-corrected chi connectivity index (χ2v) is 9.06. The lowest BCUT2D eigenvalue weighted by Crippen LogP contribution is -2.49. The van der Waals surface area contributed by atoms with Gasteiger partial charge in [-0.2, -0.15) is 9.61 Å². The van der Waals surface area contributed by atoms with Gasteiger partial charge in [0, 0.05) is 55.3 Å². The Kier molecular flexibility index (Phi) is 4.41. The normalized spacial score (nSPS) is 22.7. The number of piperazine rings is 1. The maximum Gasteiger partial charge on any atom is 0.254 e. The van der Waals surface area contributed by atoms with Crippen LogP contribution in [-0.4, -0.2) is 69.4 Å². The molecule has 166 valence electrons. The SMILES string of the molecule is O=C1C/C(=C\c2cnn3c(NC4CC4)cc(N4CCN(C(=O)C5CC5)CC4)nc23)C(=O)N1. The monoisotopic (exact) mass is 435 g/mol. The van der Waals surface area contributed by atoms with Crippen LogP contribution in [0.3, 0.4) is 0 Å². The molecule has 4 heterocycles. The van der Waals surface area contributed by atoms with Gasteiger partial charge in [-0.3, -0.25) is 19.7 Å². The Morgan fingerprint density at radius 3 is 2.56 bits per heavy atom. The lowest BCUT2D eigenvalue weighted by atomic mass is 10.1. The second-order valence-electron chi connectivity index (χ2n) is 9.06. The molecule has 0 unspecified atom stereocenters. The van der Waals surface area contributed by atoms with E-state index >= 15 is 0 Å². The van der Waals surface area contributed by atoms with Crippen molar-refractivity contribution in [3.05, 3.63) is 23.4 Å². The molecule has 0 atom stereocenters. The lowest BCUT2D eigenvalue weighted by molar-refractivity contribution is -0.133. The van der Waals surface area contributed by atoms with Crippen LogP contribution >= 0.6 is 0 Å². The van der Waals surface area contributed by atoms with Crippen LogP contribution in [0.25, 0.3) is 11.7 Å². The quantitative estimate of drug-likeness (QED) is 0.528. The van der Waals surface area contributed by atoms with Crippen molar-refractivity contribution in [1.82, 2.24) is 24.8 Å². The molecule has 0 bridgehead atoms. The molecule has 4 fully saturated rings. The van der Waals surface area contributed by atoms with Crippen molar-refractivity contribution in [3.63, 3.8) is 0 Å². The molecular formula is C22H25N7O3. The molecule has 2 N–H and O–H groups in total. The number of hydrogen-bond donors (Lipinski definition) is 2. The third kappa shape index (κ3) is 3.59. The zero-order valence-electron chi connectivity index (χ0n) is 17.7. The van der Waals surface area contributed by atoms with Gasteiger partial charge in [-0.15, -0.1) is 0 Å². The standard InChI is InChI=1S/C22H25N7O3/c30-19-10-14(21(31)26-19)9-15-12-23-29-18(24-16-3-4-16)11-17(25-20(15)29)27-5-7-28(8-6-27)22(32)13-1-2-13/h9,11-13,16,24H,1-8,10H2,(H,26,30,31)/b14-9+. The highest BCUT2D eigenvalue weighted by Gasteiger charge is 2.35. The molecule has 10 nitrogen and oxygen atoms in total. The van der Waals surface area contributed by atoms with Gasteiger partial charge in [0.05, 0.1) is 12.6 Å². The molecule has 3 amide bonds. The first kappa shape index (κ1) is 19.3. The van der Waals surface area contributed by atoms with Crippen LogP contribution in [0, 0.1) is 5.92 Å². The molecule has 2 aromatic heterocycles. The van der Waals surface area contributed by atoms with Gasteiger partial charge in [-0.05, 0) is 31.8 Å². The highest BCUT2D eigenvalue weighted by molar-refractivity contribution is 6.15. The average Bonchev–Trinajstić information content (AvgIpc) is 3.71. The third-order valence-corrected chi connectivity index (χ3v) is 6.48. The van der Waals surface area contributed by atoms with Crippen LogP contribution in [0.15, 0.2) is 17.8 Å². The summed E-state index contributed by atoms with van der Waals surface area (Å²) in [6.45, 7) is 2.86. The Morgan fingerprint density at radius 1 is 1.12 bits per heavy atom. The number of fused-ring (bicyclic) bond motifs is 1. The van der Waals surface area contributed by atoms with E-state index in [1.807, 2.05) is 11.0 Å². The van der Waals surface area contributed by atoms with Crippen LogP contribution in [0.4, 0.5) is 11.6 Å². The van der Waals surface area contributed by atoms with Gasteiger partial charge in [-0.25, -0.2) is 4.98 Å². The van der Waals surface area contributed by atoms with Crippen molar-refractivity contribution in [3.8, 4) is 0 Å². The number of carbonyl (C=O) groups excluding carboxylic acids is 3.